The standard InChI is InChI=1S/C14H19N7/c1-3-15-12-18-13(16-4-2)20-14(19-12)21-17-10-11-8-6-5-7-9-11/h5-10H,3-4H2,1-2H3,(H3,15,16,18,19,20,21)/b17-10-. The average Bonchev–Trinajstić information content (AvgIpc) is 2.49. The summed E-state index contributed by atoms with van der Waals surface area (Å²) in [7, 11) is 0. The fourth-order valence-electron chi connectivity index (χ4n) is 1.60. The topological polar surface area (TPSA) is 87.1 Å². The predicted octanol–water partition coefficient (Wildman–Crippen LogP) is 2.18. The van der Waals surface area contributed by atoms with Crippen LogP contribution in [0.4, 0.5) is 17.8 Å². The second-order valence-corrected chi connectivity index (χ2v) is 4.15. The highest BCUT2D eigenvalue weighted by Crippen LogP contribution is 2.09. The van der Waals surface area contributed by atoms with Crippen LogP contribution in [0.2, 0.25) is 0 Å². The number of hydrogen-bond donors (Lipinski definition) is 3. The molecule has 2 rings (SSSR count). The molecule has 0 saturated heterocycles. The van der Waals surface area contributed by atoms with Crippen LogP contribution in [0.1, 0.15) is 19.4 Å². The van der Waals surface area contributed by atoms with Crippen molar-refractivity contribution in [3.8, 4) is 0 Å². The molecule has 7 nitrogen and oxygen atoms in total. The quantitative estimate of drug-likeness (QED) is 0.534. The van der Waals surface area contributed by atoms with Crippen LogP contribution in [0, 0.1) is 0 Å². The summed E-state index contributed by atoms with van der Waals surface area (Å²) in [6, 6.07) is 9.80. The average molecular weight is 285 g/mol. The molecule has 0 atom stereocenters. The predicted molar refractivity (Wildman–Crippen MR) is 85.8 cm³/mol. The molecule has 7 heteroatoms. The van der Waals surface area contributed by atoms with Crippen molar-refractivity contribution >= 4 is 24.1 Å². The van der Waals surface area contributed by atoms with Crippen LogP contribution in [0.15, 0.2) is 35.4 Å². The van der Waals surface area contributed by atoms with Gasteiger partial charge in [0, 0.05) is 13.1 Å². The molecule has 0 bridgehead atoms. The Balaban J connectivity index is 2.09. The minimum absolute atomic E-state index is 0.393. The normalized spacial score (nSPS) is 10.6. The van der Waals surface area contributed by atoms with Gasteiger partial charge in [-0.3, -0.25) is 0 Å². The summed E-state index contributed by atoms with van der Waals surface area (Å²) in [4.78, 5) is 12.7. The molecule has 3 N–H and O–H groups in total. The molecule has 0 fully saturated rings. The van der Waals surface area contributed by atoms with Gasteiger partial charge in [0.2, 0.25) is 17.8 Å². The van der Waals surface area contributed by atoms with E-state index >= 15 is 0 Å². The molecule has 0 aliphatic rings. The van der Waals surface area contributed by atoms with Crippen molar-refractivity contribution in [2.24, 2.45) is 5.10 Å². The molecule has 0 aliphatic heterocycles. The molecule has 0 saturated carbocycles. The second kappa shape index (κ2) is 7.78. The minimum Gasteiger partial charge on any atom is -0.354 e. The molecule has 1 heterocycles. The number of rotatable bonds is 7. The lowest BCUT2D eigenvalue weighted by Gasteiger charge is -2.07. The van der Waals surface area contributed by atoms with Gasteiger partial charge in [0.1, 0.15) is 0 Å². The lowest BCUT2D eigenvalue weighted by molar-refractivity contribution is 0.992. The van der Waals surface area contributed by atoms with E-state index in [0.29, 0.717) is 17.8 Å². The Morgan fingerprint density at radius 1 is 0.905 bits per heavy atom. The largest absolute Gasteiger partial charge is 0.354 e. The van der Waals surface area contributed by atoms with Gasteiger partial charge < -0.3 is 10.6 Å². The summed E-state index contributed by atoms with van der Waals surface area (Å²) in [6.07, 6.45) is 1.71. The molecular weight excluding hydrogens is 266 g/mol. The van der Waals surface area contributed by atoms with Crippen LogP contribution in [-0.4, -0.2) is 34.3 Å². The van der Waals surface area contributed by atoms with Gasteiger partial charge in [-0.05, 0) is 19.4 Å². The molecule has 0 spiro atoms. The Kier molecular flexibility index (Phi) is 5.45. The summed E-state index contributed by atoms with van der Waals surface area (Å²) in [5, 5.41) is 10.3. The van der Waals surface area contributed by atoms with Crippen LogP contribution in [-0.2, 0) is 0 Å². The Labute approximate surface area is 123 Å². The third kappa shape index (κ3) is 4.72. The van der Waals surface area contributed by atoms with Crippen LogP contribution >= 0.6 is 0 Å². The maximum Gasteiger partial charge on any atom is 0.250 e. The zero-order valence-electron chi connectivity index (χ0n) is 12.2. The number of nitrogens with one attached hydrogen (secondary N) is 3. The fourth-order valence-corrected chi connectivity index (χ4v) is 1.60. The highest BCUT2D eigenvalue weighted by atomic mass is 15.4. The van der Waals surface area contributed by atoms with Crippen LogP contribution in [0.3, 0.4) is 0 Å². The van der Waals surface area contributed by atoms with E-state index in [0.717, 1.165) is 18.7 Å². The van der Waals surface area contributed by atoms with Gasteiger partial charge >= 0.3 is 0 Å². The van der Waals surface area contributed by atoms with Crippen LogP contribution in [0.25, 0.3) is 0 Å². The van der Waals surface area contributed by atoms with Crippen molar-refractivity contribution in [1.82, 2.24) is 15.0 Å². The summed E-state index contributed by atoms with van der Waals surface area (Å²) >= 11 is 0. The summed E-state index contributed by atoms with van der Waals surface area (Å²) < 4.78 is 0. The highest BCUT2D eigenvalue weighted by molar-refractivity contribution is 5.79. The van der Waals surface area contributed by atoms with E-state index in [1.165, 1.54) is 0 Å². The Bertz CT molecular complexity index is 559. The smallest absolute Gasteiger partial charge is 0.250 e. The lowest BCUT2D eigenvalue weighted by atomic mass is 10.2. The van der Waals surface area contributed by atoms with Crippen molar-refractivity contribution in [2.75, 3.05) is 29.1 Å². The fraction of sp³-hybridized carbons (Fsp3) is 0.286. The molecule has 0 unspecified atom stereocenters. The SMILES string of the molecule is CCNc1nc(NCC)nc(N/N=C\c2ccccc2)n1. The van der Waals surface area contributed by atoms with Gasteiger partial charge in [-0.25, -0.2) is 5.43 Å². The number of hydrogen-bond acceptors (Lipinski definition) is 7. The van der Waals surface area contributed by atoms with Crippen molar-refractivity contribution in [3.63, 3.8) is 0 Å². The molecule has 0 radical (unpaired) electrons. The molecule has 0 aliphatic carbocycles. The zero-order chi connectivity index (χ0) is 14.9. The summed E-state index contributed by atoms with van der Waals surface area (Å²) in [5.41, 5.74) is 3.82. The Morgan fingerprint density at radius 3 is 2.05 bits per heavy atom. The maximum atomic E-state index is 4.24. The van der Waals surface area contributed by atoms with E-state index in [2.05, 4.69) is 36.1 Å². The summed E-state index contributed by atoms with van der Waals surface area (Å²) in [6.45, 7) is 5.44. The third-order valence-corrected chi connectivity index (χ3v) is 2.48. The van der Waals surface area contributed by atoms with Gasteiger partial charge in [0.25, 0.3) is 0 Å². The van der Waals surface area contributed by atoms with Gasteiger partial charge in [-0.1, -0.05) is 30.3 Å². The van der Waals surface area contributed by atoms with Gasteiger partial charge in [0.05, 0.1) is 6.21 Å². The van der Waals surface area contributed by atoms with E-state index < -0.39 is 0 Å². The first-order chi connectivity index (χ1) is 10.3. The Hall–Kier alpha value is -2.70. The number of benzene rings is 1. The number of nitrogens with zero attached hydrogens (tertiary/aromatic N) is 4. The van der Waals surface area contributed by atoms with Gasteiger partial charge in [-0.15, -0.1) is 0 Å². The van der Waals surface area contributed by atoms with Crippen LogP contribution < -0.4 is 16.1 Å². The molecule has 2 aromatic rings. The molecule has 21 heavy (non-hydrogen) atoms. The zero-order valence-corrected chi connectivity index (χ0v) is 12.2. The third-order valence-electron chi connectivity index (χ3n) is 2.48. The number of anilines is 3. The van der Waals surface area contributed by atoms with Crippen LogP contribution in [0.5, 0.6) is 0 Å². The van der Waals surface area contributed by atoms with E-state index in [4.69, 9.17) is 0 Å². The maximum absolute atomic E-state index is 4.24. The molecule has 1 aromatic carbocycles. The molecule has 1 aromatic heterocycles. The van der Waals surface area contributed by atoms with E-state index in [1.807, 2.05) is 44.2 Å². The highest BCUT2D eigenvalue weighted by Gasteiger charge is 2.04. The van der Waals surface area contributed by atoms with Crippen molar-refractivity contribution in [1.29, 1.82) is 0 Å². The Morgan fingerprint density at radius 2 is 1.48 bits per heavy atom. The van der Waals surface area contributed by atoms with Crippen molar-refractivity contribution in [3.05, 3.63) is 35.9 Å². The van der Waals surface area contributed by atoms with E-state index in [9.17, 15) is 0 Å². The number of hydrazone groups is 1. The summed E-state index contributed by atoms with van der Waals surface area (Å²) in [5.74, 6) is 1.42. The minimum atomic E-state index is 0.393. The van der Waals surface area contributed by atoms with Crippen molar-refractivity contribution in [2.45, 2.75) is 13.8 Å². The second-order valence-electron chi connectivity index (χ2n) is 4.15. The van der Waals surface area contributed by atoms with E-state index in [-0.39, 0.29) is 0 Å². The first-order valence-electron chi connectivity index (χ1n) is 6.89. The van der Waals surface area contributed by atoms with E-state index in [1.54, 1.807) is 6.21 Å². The van der Waals surface area contributed by atoms with Gasteiger partial charge in [0.15, 0.2) is 0 Å². The molecule has 110 valence electrons. The van der Waals surface area contributed by atoms with Crippen molar-refractivity contribution < 1.29 is 0 Å². The first kappa shape index (κ1) is 14.7. The molecular formula is C14H19N7. The first-order valence-corrected chi connectivity index (χ1v) is 6.89. The monoisotopic (exact) mass is 285 g/mol. The molecule has 0 amide bonds. The van der Waals surface area contributed by atoms with Gasteiger partial charge in [-0.2, -0.15) is 20.1 Å². The lowest BCUT2D eigenvalue weighted by Crippen LogP contribution is -2.10. The number of aromatic nitrogens is 3.